The number of thioether (sulfide) groups is 2. The summed E-state index contributed by atoms with van der Waals surface area (Å²) < 4.78 is 58.3. The summed E-state index contributed by atoms with van der Waals surface area (Å²) in [5, 5.41) is 0. The summed E-state index contributed by atoms with van der Waals surface area (Å²) in [6.07, 6.45) is 1.76. The van der Waals surface area contributed by atoms with Crippen LogP contribution in [0.3, 0.4) is 0 Å². The van der Waals surface area contributed by atoms with Crippen LogP contribution in [0.4, 0.5) is 17.8 Å². The maximum absolute atomic E-state index is 6.03. The summed E-state index contributed by atoms with van der Waals surface area (Å²) in [7, 11) is 1.14. The van der Waals surface area contributed by atoms with Crippen LogP contribution in [0, 0.1) is 0 Å². The fourth-order valence-electron chi connectivity index (χ4n) is 4.98. The van der Waals surface area contributed by atoms with Crippen molar-refractivity contribution < 1.29 is 45.5 Å². The summed E-state index contributed by atoms with van der Waals surface area (Å²) in [4.78, 5) is 20.4. The Morgan fingerprint density at radius 2 is 0.725 bits per heavy atom. The number of rotatable bonds is 35. The molecule has 300 valence electrons. The van der Waals surface area contributed by atoms with Crippen LogP contribution in [0.2, 0.25) is 12.1 Å². The molecule has 0 aliphatic heterocycles. The first-order valence-electron chi connectivity index (χ1n) is 17.8. The molecule has 1 aromatic rings. The van der Waals surface area contributed by atoms with Gasteiger partial charge in [-0.05, 0) is 65.9 Å². The van der Waals surface area contributed by atoms with Crippen LogP contribution in [0.5, 0.6) is 0 Å². The van der Waals surface area contributed by atoms with Crippen LogP contribution in [-0.4, -0.2) is 151 Å². The fourth-order valence-corrected chi connectivity index (χ4v) is 12.5. The highest BCUT2D eigenvalue weighted by Crippen LogP contribution is 2.25. The summed E-state index contributed by atoms with van der Waals surface area (Å²) in [6, 6.07) is 1.50. The Bertz CT molecular complexity index is 903. The molecule has 16 nitrogen and oxygen atoms in total. The van der Waals surface area contributed by atoms with Crippen LogP contribution in [0.15, 0.2) is 0 Å². The minimum atomic E-state index is -2.70. The van der Waals surface area contributed by atoms with E-state index in [1.165, 1.54) is 0 Å². The molecule has 0 fully saturated rings. The lowest BCUT2D eigenvalue weighted by Crippen LogP contribution is -2.46. The minimum Gasteiger partial charge on any atom is -0.374 e. The van der Waals surface area contributed by atoms with E-state index in [-0.39, 0.29) is 26.9 Å². The molecule has 1 heterocycles. The largest absolute Gasteiger partial charge is 0.500 e. The van der Waals surface area contributed by atoms with Crippen LogP contribution in [0.25, 0.3) is 0 Å². The Balaban J connectivity index is 3.21. The number of aromatic nitrogens is 3. The van der Waals surface area contributed by atoms with Gasteiger partial charge in [0.1, 0.15) is 26.9 Å². The normalized spacial score (nSPS) is 12.1. The zero-order valence-corrected chi connectivity index (χ0v) is 36.4. The van der Waals surface area contributed by atoms with E-state index in [9.17, 15) is 0 Å². The molecule has 0 atom stereocenters. The number of ether oxygens (including phenoxy) is 4. The summed E-state index contributed by atoms with van der Waals surface area (Å²) in [5.41, 5.74) is 0. The van der Waals surface area contributed by atoms with Gasteiger partial charge in [0.2, 0.25) is 17.8 Å². The minimum absolute atomic E-state index is 0.227. The zero-order valence-electron chi connectivity index (χ0n) is 32.8. The van der Waals surface area contributed by atoms with Crippen molar-refractivity contribution >= 4 is 59.0 Å². The molecule has 0 saturated carbocycles. The van der Waals surface area contributed by atoms with Gasteiger partial charge >= 0.3 is 17.6 Å². The molecule has 0 saturated heterocycles. The summed E-state index contributed by atoms with van der Waals surface area (Å²) >= 11 is 3.50. The molecule has 1 aromatic heterocycles. The molecule has 1 rings (SSSR count). The van der Waals surface area contributed by atoms with Gasteiger partial charge in [-0.25, -0.2) is 0 Å². The number of methoxy groups -OCH3 is 4. The van der Waals surface area contributed by atoms with Crippen LogP contribution in [-0.2, 0) is 45.5 Å². The Hall–Kier alpha value is -0.856. The SMILES string of the molecule is CCO[Si](CCCSCN(COC)c1nc(N(COC)COC)nc(N(COC)CSCCC[Si](OCC)(OCC)OCC)n1)(OCC)OCC. The number of hydrogen-bond acceptors (Lipinski definition) is 18. The third-order valence-corrected chi connectivity index (χ3v) is 15.3. The quantitative estimate of drug-likeness (QED) is 0.0518. The Morgan fingerprint density at radius 1 is 0.451 bits per heavy atom. The highest BCUT2D eigenvalue weighted by atomic mass is 32.2. The van der Waals surface area contributed by atoms with Gasteiger partial charge in [0, 0.05) is 80.2 Å². The number of nitrogens with zero attached hydrogens (tertiary/aromatic N) is 6. The molecule has 0 unspecified atom stereocenters. The van der Waals surface area contributed by atoms with Gasteiger partial charge in [0.15, 0.2) is 0 Å². The van der Waals surface area contributed by atoms with E-state index in [0.717, 1.165) is 36.4 Å². The van der Waals surface area contributed by atoms with Gasteiger partial charge < -0.3 is 55.3 Å². The highest BCUT2D eigenvalue weighted by Gasteiger charge is 2.40. The average Bonchev–Trinajstić information content (AvgIpc) is 3.11. The Kier molecular flexibility index (Phi) is 27.9. The number of hydrogen-bond donors (Lipinski definition) is 0. The van der Waals surface area contributed by atoms with Gasteiger partial charge in [-0.1, -0.05) is 0 Å². The molecular formula is C31H66N6O10S2Si2. The molecule has 0 aliphatic carbocycles. The summed E-state index contributed by atoms with van der Waals surface area (Å²) in [6.45, 7) is 16.2. The van der Waals surface area contributed by atoms with Crippen molar-refractivity contribution in [1.29, 1.82) is 0 Å². The van der Waals surface area contributed by atoms with Crippen molar-refractivity contribution in [3.8, 4) is 0 Å². The second-order valence-corrected chi connectivity index (χ2v) is 18.4. The molecule has 0 N–H and O–H groups in total. The monoisotopic (exact) mass is 802 g/mol. The first-order chi connectivity index (χ1) is 24.8. The second kappa shape index (κ2) is 29.5. The Labute approximate surface area is 317 Å². The maximum Gasteiger partial charge on any atom is 0.500 e. The summed E-state index contributed by atoms with van der Waals surface area (Å²) in [5.74, 6) is 4.24. The molecular weight excluding hydrogens is 737 g/mol. The Morgan fingerprint density at radius 3 is 1.00 bits per heavy atom. The van der Waals surface area contributed by atoms with E-state index in [1.807, 2.05) is 51.3 Å². The smallest absolute Gasteiger partial charge is 0.374 e. The van der Waals surface area contributed by atoms with Gasteiger partial charge in [0.05, 0.1) is 11.8 Å². The average molecular weight is 803 g/mol. The topological polar surface area (TPSA) is 141 Å². The van der Waals surface area contributed by atoms with Crippen molar-refractivity contribution in [1.82, 2.24) is 15.0 Å². The molecule has 0 radical (unpaired) electrons. The number of anilines is 3. The third-order valence-electron chi connectivity index (χ3n) is 6.81. The van der Waals surface area contributed by atoms with E-state index in [0.29, 0.717) is 69.2 Å². The van der Waals surface area contributed by atoms with E-state index < -0.39 is 17.6 Å². The van der Waals surface area contributed by atoms with E-state index in [2.05, 4.69) is 0 Å². The lowest BCUT2D eigenvalue weighted by atomic mass is 10.6. The van der Waals surface area contributed by atoms with E-state index >= 15 is 0 Å². The molecule has 0 amide bonds. The maximum atomic E-state index is 6.03. The van der Waals surface area contributed by atoms with Crippen molar-refractivity contribution in [2.24, 2.45) is 0 Å². The third kappa shape index (κ3) is 18.4. The fraction of sp³-hybridized carbons (Fsp3) is 0.903. The van der Waals surface area contributed by atoms with Crippen molar-refractivity contribution in [3.05, 3.63) is 0 Å². The van der Waals surface area contributed by atoms with Gasteiger partial charge in [-0.2, -0.15) is 15.0 Å². The first kappa shape index (κ1) is 48.2. The van der Waals surface area contributed by atoms with E-state index in [4.69, 9.17) is 60.5 Å². The van der Waals surface area contributed by atoms with Crippen molar-refractivity contribution in [2.45, 2.75) is 66.5 Å². The molecule has 0 bridgehead atoms. The molecule has 51 heavy (non-hydrogen) atoms. The molecule has 20 heteroatoms. The zero-order chi connectivity index (χ0) is 37.8. The lowest BCUT2D eigenvalue weighted by Gasteiger charge is -2.29. The molecule has 0 aliphatic rings. The predicted octanol–water partition coefficient (Wildman–Crippen LogP) is 4.96. The van der Waals surface area contributed by atoms with Crippen LogP contribution in [0.1, 0.15) is 54.4 Å². The van der Waals surface area contributed by atoms with Gasteiger partial charge in [-0.15, -0.1) is 23.5 Å². The standard InChI is InChI=1S/C31H66N6O10S2Si2/c1-11-42-50(43-12-2,44-13-3)21-17-19-48-27-36(25-40-9)30-32-29(35(23-38-7)24-39-8)33-31(34-30)37(26-41-10)28-49-20-18-22-51(45-14-4,46-15-5)47-16-6/h11-28H2,1-10H3. The highest BCUT2D eigenvalue weighted by molar-refractivity contribution is 7.99. The van der Waals surface area contributed by atoms with Crippen LogP contribution >= 0.6 is 23.5 Å². The van der Waals surface area contributed by atoms with Crippen LogP contribution < -0.4 is 14.7 Å². The van der Waals surface area contributed by atoms with E-state index in [1.54, 1.807) is 56.9 Å². The van der Waals surface area contributed by atoms with Gasteiger partial charge in [0.25, 0.3) is 0 Å². The lowest BCUT2D eigenvalue weighted by molar-refractivity contribution is 0.0704. The molecule has 0 aromatic carbocycles. The first-order valence-corrected chi connectivity index (χ1v) is 23.9. The predicted molar refractivity (Wildman–Crippen MR) is 210 cm³/mol. The van der Waals surface area contributed by atoms with Gasteiger partial charge in [-0.3, -0.25) is 4.90 Å². The second-order valence-electron chi connectivity index (χ2n) is 10.8. The van der Waals surface area contributed by atoms with Crippen molar-refractivity contribution in [3.63, 3.8) is 0 Å². The van der Waals surface area contributed by atoms with Crippen molar-refractivity contribution in [2.75, 3.05) is 133 Å². The molecule has 0 spiro atoms.